The molecule has 1 N–H and O–H groups in total. The number of nitrogens with one attached hydrogen (secondary N) is 1. The fourth-order valence-electron chi connectivity index (χ4n) is 2.18. The zero-order chi connectivity index (χ0) is 15.5. The van der Waals surface area contributed by atoms with Gasteiger partial charge in [-0.3, -0.25) is 9.36 Å². The van der Waals surface area contributed by atoms with Crippen molar-refractivity contribution in [3.63, 3.8) is 0 Å². The Labute approximate surface area is 126 Å². The minimum atomic E-state index is -0.601. The van der Waals surface area contributed by atoms with Crippen LogP contribution in [0.4, 0.5) is 11.6 Å². The van der Waals surface area contributed by atoms with Crippen LogP contribution in [0.15, 0.2) is 53.5 Å². The van der Waals surface area contributed by atoms with E-state index in [-0.39, 0.29) is 5.56 Å². The smallest absolute Gasteiger partial charge is 0.253 e. The van der Waals surface area contributed by atoms with Crippen molar-refractivity contribution in [2.45, 2.75) is 13.0 Å². The van der Waals surface area contributed by atoms with Crippen LogP contribution >= 0.6 is 0 Å². The molecule has 108 valence electrons. The molecular weight excluding hydrogens is 278 g/mol. The first-order valence-corrected chi connectivity index (χ1v) is 6.79. The first-order valence-electron chi connectivity index (χ1n) is 6.79. The van der Waals surface area contributed by atoms with E-state index in [1.54, 1.807) is 19.2 Å². The molecule has 1 atom stereocenters. The van der Waals surface area contributed by atoms with Gasteiger partial charge in [-0.15, -0.1) is 0 Å². The Balaban J connectivity index is 2.12. The molecule has 2 heterocycles. The molecule has 3 rings (SSSR count). The molecule has 0 saturated heterocycles. The molecule has 0 amide bonds. The van der Waals surface area contributed by atoms with Gasteiger partial charge in [-0.1, -0.05) is 18.2 Å². The second-order valence-corrected chi connectivity index (χ2v) is 4.81. The summed E-state index contributed by atoms with van der Waals surface area (Å²) >= 11 is 0. The number of para-hydroxylation sites is 1. The molecule has 0 aliphatic heterocycles. The van der Waals surface area contributed by atoms with Crippen LogP contribution < -0.4 is 10.9 Å². The number of nitriles is 1. The number of aromatic nitrogens is 3. The monoisotopic (exact) mass is 291 g/mol. The normalized spacial score (nSPS) is 11.8. The predicted molar refractivity (Wildman–Crippen MR) is 83.8 cm³/mol. The van der Waals surface area contributed by atoms with Crippen LogP contribution in [0.1, 0.15) is 13.0 Å². The van der Waals surface area contributed by atoms with E-state index in [0.717, 1.165) is 5.69 Å². The molecule has 0 aliphatic carbocycles. The van der Waals surface area contributed by atoms with E-state index < -0.39 is 6.04 Å². The molecule has 1 aromatic carbocycles. The molecule has 0 aliphatic rings. The number of nitrogens with zero attached hydrogens (tertiary/aromatic N) is 4. The topological polar surface area (TPSA) is 83.6 Å². The Morgan fingerprint density at radius 3 is 2.73 bits per heavy atom. The Hall–Kier alpha value is -3.20. The van der Waals surface area contributed by atoms with Gasteiger partial charge in [0.15, 0.2) is 0 Å². The largest absolute Gasteiger partial charge is 0.324 e. The summed E-state index contributed by atoms with van der Waals surface area (Å²) < 4.78 is 1.37. The van der Waals surface area contributed by atoms with E-state index in [1.165, 1.54) is 10.6 Å². The summed E-state index contributed by atoms with van der Waals surface area (Å²) in [4.78, 5) is 20.7. The van der Waals surface area contributed by atoms with E-state index in [9.17, 15) is 4.79 Å². The Kier molecular flexibility index (Phi) is 3.54. The number of benzene rings is 1. The lowest BCUT2D eigenvalue weighted by atomic mass is 10.3. The van der Waals surface area contributed by atoms with Crippen molar-refractivity contribution in [3.05, 3.63) is 59.0 Å². The lowest BCUT2D eigenvalue weighted by Gasteiger charge is -2.12. The SMILES string of the molecule is CC(C#N)n1c(=O)ccc2cnc(Nc3ccccc3)nc21. The molecule has 6 heteroatoms. The molecule has 3 aromatic rings. The van der Waals surface area contributed by atoms with Crippen LogP contribution in [0.3, 0.4) is 0 Å². The molecular formula is C16H13N5O. The second-order valence-electron chi connectivity index (χ2n) is 4.81. The first-order chi connectivity index (χ1) is 10.7. The van der Waals surface area contributed by atoms with Gasteiger partial charge in [0.2, 0.25) is 5.95 Å². The van der Waals surface area contributed by atoms with E-state index in [1.807, 2.05) is 30.3 Å². The standard InChI is InChI=1S/C16H13N5O/c1-11(9-17)21-14(22)8-7-12-10-18-16(20-15(12)21)19-13-5-3-2-4-6-13/h2-8,10-11H,1H3,(H,18,19,20). The lowest BCUT2D eigenvalue weighted by Crippen LogP contribution is -2.23. The second kappa shape index (κ2) is 5.66. The number of hydrogen-bond donors (Lipinski definition) is 1. The number of anilines is 2. The van der Waals surface area contributed by atoms with Crippen LogP contribution in [-0.4, -0.2) is 14.5 Å². The van der Waals surface area contributed by atoms with Crippen molar-refractivity contribution in [1.29, 1.82) is 5.26 Å². The van der Waals surface area contributed by atoms with E-state index in [0.29, 0.717) is 17.0 Å². The molecule has 2 aromatic heterocycles. The van der Waals surface area contributed by atoms with Crippen LogP contribution in [0.25, 0.3) is 11.0 Å². The maximum atomic E-state index is 12.0. The summed E-state index contributed by atoms with van der Waals surface area (Å²) in [5, 5.41) is 12.9. The maximum absolute atomic E-state index is 12.0. The molecule has 0 fully saturated rings. The highest BCUT2D eigenvalue weighted by Gasteiger charge is 2.12. The summed E-state index contributed by atoms with van der Waals surface area (Å²) in [7, 11) is 0. The molecule has 22 heavy (non-hydrogen) atoms. The highest BCUT2D eigenvalue weighted by Crippen LogP contribution is 2.17. The van der Waals surface area contributed by atoms with Crippen molar-refractivity contribution >= 4 is 22.7 Å². The van der Waals surface area contributed by atoms with Crippen molar-refractivity contribution < 1.29 is 0 Å². The average molecular weight is 291 g/mol. The summed E-state index contributed by atoms with van der Waals surface area (Å²) in [5.74, 6) is 0.378. The van der Waals surface area contributed by atoms with Gasteiger partial charge in [-0.05, 0) is 25.1 Å². The van der Waals surface area contributed by atoms with Gasteiger partial charge in [0.25, 0.3) is 5.56 Å². The number of fused-ring (bicyclic) bond motifs is 1. The van der Waals surface area contributed by atoms with Crippen LogP contribution in [0.5, 0.6) is 0 Å². The van der Waals surface area contributed by atoms with E-state index in [2.05, 4.69) is 21.4 Å². The molecule has 1 unspecified atom stereocenters. The molecule has 0 spiro atoms. The summed E-state index contributed by atoms with van der Waals surface area (Å²) in [6, 6.07) is 14.0. The van der Waals surface area contributed by atoms with Crippen LogP contribution in [0.2, 0.25) is 0 Å². The molecule has 0 bridgehead atoms. The van der Waals surface area contributed by atoms with E-state index >= 15 is 0 Å². The van der Waals surface area contributed by atoms with Crippen molar-refractivity contribution in [2.75, 3.05) is 5.32 Å². The minimum Gasteiger partial charge on any atom is -0.324 e. The fraction of sp³-hybridized carbons (Fsp3) is 0.125. The summed E-state index contributed by atoms with van der Waals surface area (Å²) in [6.07, 6.45) is 1.63. The summed E-state index contributed by atoms with van der Waals surface area (Å²) in [6.45, 7) is 1.66. The van der Waals surface area contributed by atoms with Crippen LogP contribution in [-0.2, 0) is 0 Å². The van der Waals surface area contributed by atoms with Gasteiger partial charge in [-0.25, -0.2) is 4.98 Å². The zero-order valence-electron chi connectivity index (χ0n) is 11.9. The predicted octanol–water partition coefficient (Wildman–Crippen LogP) is 2.62. The molecule has 0 saturated carbocycles. The fourth-order valence-corrected chi connectivity index (χ4v) is 2.18. The van der Waals surface area contributed by atoms with Gasteiger partial charge in [0.05, 0.1) is 6.07 Å². The molecule has 0 radical (unpaired) electrons. The number of pyridine rings is 1. The maximum Gasteiger partial charge on any atom is 0.253 e. The van der Waals surface area contributed by atoms with E-state index in [4.69, 9.17) is 5.26 Å². The Bertz CT molecular complexity index is 911. The average Bonchev–Trinajstić information content (AvgIpc) is 2.55. The summed E-state index contributed by atoms with van der Waals surface area (Å²) in [5.41, 5.74) is 1.03. The Morgan fingerprint density at radius 2 is 2.00 bits per heavy atom. The first kappa shape index (κ1) is 13.8. The zero-order valence-corrected chi connectivity index (χ0v) is 11.9. The van der Waals surface area contributed by atoms with Gasteiger partial charge < -0.3 is 5.32 Å². The van der Waals surface area contributed by atoms with Crippen LogP contribution in [0, 0.1) is 11.3 Å². The number of hydrogen-bond acceptors (Lipinski definition) is 5. The van der Waals surface area contributed by atoms with Gasteiger partial charge in [0.1, 0.15) is 11.7 Å². The quantitative estimate of drug-likeness (QED) is 0.802. The number of rotatable bonds is 3. The third kappa shape index (κ3) is 2.52. The third-order valence-corrected chi connectivity index (χ3v) is 3.27. The highest BCUT2D eigenvalue weighted by molar-refractivity contribution is 5.75. The lowest BCUT2D eigenvalue weighted by molar-refractivity contribution is 0.665. The van der Waals surface area contributed by atoms with Gasteiger partial charge >= 0.3 is 0 Å². The minimum absolute atomic E-state index is 0.258. The highest BCUT2D eigenvalue weighted by atomic mass is 16.1. The van der Waals surface area contributed by atoms with Gasteiger partial charge in [-0.2, -0.15) is 10.2 Å². The van der Waals surface area contributed by atoms with Crippen molar-refractivity contribution in [2.24, 2.45) is 0 Å². The van der Waals surface area contributed by atoms with Crippen molar-refractivity contribution in [1.82, 2.24) is 14.5 Å². The Morgan fingerprint density at radius 1 is 1.23 bits per heavy atom. The van der Waals surface area contributed by atoms with Crippen molar-refractivity contribution in [3.8, 4) is 6.07 Å². The molecule has 6 nitrogen and oxygen atoms in total. The van der Waals surface area contributed by atoms with Gasteiger partial charge in [0, 0.05) is 23.3 Å². The third-order valence-electron chi connectivity index (χ3n) is 3.27.